The molecule has 0 fully saturated rings. The minimum absolute atomic E-state index is 0.190. The molecule has 0 saturated carbocycles. The van der Waals surface area contributed by atoms with Crippen molar-refractivity contribution in [3.05, 3.63) is 94.5 Å². The summed E-state index contributed by atoms with van der Waals surface area (Å²) in [5, 5.41) is 13.2. The Balaban J connectivity index is 1.58. The lowest BCUT2D eigenvalue weighted by atomic mass is 10.1. The van der Waals surface area contributed by atoms with Crippen LogP contribution in [0.2, 0.25) is 5.02 Å². The van der Waals surface area contributed by atoms with Gasteiger partial charge >= 0.3 is 0 Å². The Morgan fingerprint density at radius 1 is 1.00 bits per heavy atom. The molecule has 1 aliphatic rings. The van der Waals surface area contributed by atoms with E-state index in [1.54, 1.807) is 29.5 Å². The third-order valence-electron chi connectivity index (χ3n) is 4.93. The third kappa shape index (κ3) is 3.71. The van der Waals surface area contributed by atoms with Gasteiger partial charge in [-0.2, -0.15) is 15.2 Å². The Labute approximate surface area is 188 Å². The molecule has 5 rings (SSSR count). The van der Waals surface area contributed by atoms with Gasteiger partial charge in [0.25, 0.3) is 5.91 Å². The first-order valence-corrected chi connectivity index (χ1v) is 10.9. The Kier molecular flexibility index (Phi) is 5.02. The highest BCUT2D eigenvalue weighted by molar-refractivity contribution is 7.13. The standard InChI is InChI=1S/C24H17ClN4OS/c1-16-21(24(30)29(26-16)20-10-5-7-18(25)14-20)13-17-15-28(19-8-3-2-4-9-19)27-23(17)22-11-6-12-31-22/h2-15H,1H3/b21-13-. The molecule has 0 aliphatic carbocycles. The van der Waals surface area contributed by atoms with Crippen molar-refractivity contribution in [2.24, 2.45) is 5.10 Å². The number of benzene rings is 2. The average molecular weight is 445 g/mol. The first-order chi connectivity index (χ1) is 15.1. The lowest BCUT2D eigenvalue weighted by Crippen LogP contribution is -2.21. The summed E-state index contributed by atoms with van der Waals surface area (Å²) in [5.41, 5.74) is 4.46. The number of carbonyl (C=O) groups is 1. The van der Waals surface area contributed by atoms with E-state index >= 15 is 0 Å². The molecular formula is C24H17ClN4OS. The van der Waals surface area contributed by atoms with E-state index in [-0.39, 0.29) is 5.91 Å². The van der Waals surface area contributed by atoms with E-state index in [1.165, 1.54) is 5.01 Å². The van der Waals surface area contributed by atoms with E-state index in [4.69, 9.17) is 16.7 Å². The smallest absolute Gasteiger partial charge is 0.267 e. The molecule has 1 aliphatic heterocycles. The summed E-state index contributed by atoms with van der Waals surface area (Å²) in [4.78, 5) is 14.2. The minimum Gasteiger partial charge on any atom is -0.267 e. The molecule has 2 aromatic carbocycles. The van der Waals surface area contributed by atoms with E-state index in [0.717, 1.165) is 21.8 Å². The largest absolute Gasteiger partial charge is 0.280 e. The molecule has 0 bridgehead atoms. The van der Waals surface area contributed by atoms with Crippen LogP contribution in [-0.2, 0) is 4.79 Å². The van der Waals surface area contributed by atoms with Gasteiger partial charge in [-0.3, -0.25) is 4.79 Å². The Morgan fingerprint density at radius 2 is 1.81 bits per heavy atom. The minimum atomic E-state index is -0.190. The van der Waals surface area contributed by atoms with E-state index in [0.29, 0.717) is 22.0 Å². The van der Waals surface area contributed by atoms with Gasteiger partial charge in [-0.15, -0.1) is 11.3 Å². The van der Waals surface area contributed by atoms with Gasteiger partial charge in [0.1, 0.15) is 5.69 Å². The quantitative estimate of drug-likeness (QED) is 0.359. The van der Waals surface area contributed by atoms with Crippen molar-refractivity contribution in [1.29, 1.82) is 0 Å². The summed E-state index contributed by atoms with van der Waals surface area (Å²) in [5.74, 6) is -0.190. The number of hydrogen-bond donors (Lipinski definition) is 0. The summed E-state index contributed by atoms with van der Waals surface area (Å²) in [7, 11) is 0. The Hall–Kier alpha value is -3.48. The molecule has 0 radical (unpaired) electrons. The van der Waals surface area contributed by atoms with Gasteiger partial charge in [-0.1, -0.05) is 41.9 Å². The summed E-state index contributed by atoms with van der Waals surface area (Å²) >= 11 is 7.71. The fourth-order valence-electron chi connectivity index (χ4n) is 3.43. The Morgan fingerprint density at radius 3 is 2.55 bits per heavy atom. The maximum absolute atomic E-state index is 13.2. The first-order valence-electron chi connectivity index (χ1n) is 9.66. The van der Waals surface area contributed by atoms with Crippen LogP contribution in [0.1, 0.15) is 12.5 Å². The normalized spacial score (nSPS) is 15.0. The maximum atomic E-state index is 13.2. The van der Waals surface area contributed by atoms with Crippen molar-refractivity contribution in [1.82, 2.24) is 9.78 Å². The molecular weight excluding hydrogens is 428 g/mol. The van der Waals surface area contributed by atoms with Crippen LogP contribution in [0.25, 0.3) is 22.3 Å². The molecule has 0 spiro atoms. The van der Waals surface area contributed by atoms with Crippen molar-refractivity contribution in [2.75, 3.05) is 5.01 Å². The number of aromatic nitrogens is 2. The average Bonchev–Trinajstić information content (AvgIpc) is 3.50. The molecule has 0 atom stereocenters. The van der Waals surface area contributed by atoms with Gasteiger partial charge in [0.05, 0.1) is 27.5 Å². The van der Waals surface area contributed by atoms with Crippen LogP contribution in [-0.4, -0.2) is 21.4 Å². The maximum Gasteiger partial charge on any atom is 0.280 e. The fourth-order valence-corrected chi connectivity index (χ4v) is 4.35. The van der Waals surface area contributed by atoms with Crippen molar-refractivity contribution in [3.63, 3.8) is 0 Å². The second kappa shape index (κ2) is 7.98. The highest BCUT2D eigenvalue weighted by atomic mass is 35.5. The van der Waals surface area contributed by atoms with Crippen LogP contribution in [0, 0.1) is 0 Å². The van der Waals surface area contributed by atoms with Crippen molar-refractivity contribution >= 4 is 46.3 Å². The summed E-state index contributed by atoms with van der Waals surface area (Å²) in [6.45, 7) is 1.83. The fraction of sp³-hybridized carbons (Fsp3) is 0.0417. The number of hydrazone groups is 1. The molecule has 1 amide bonds. The second-order valence-corrected chi connectivity index (χ2v) is 8.41. The zero-order valence-corrected chi connectivity index (χ0v) is 18.1. The number of hydrogen-bond acceptors (Lipinski definition) is 4. The van der Waals surface area contributed by atoms with Crippen LogP contribution in [0.5, 0.6) is 0 Å². The van der Waals surface area contributed by atoms with Crippen LogP contribution in [0.3, 0.4) is 0 Å². The number of halogens is 1. The number of anilines is 1. The highest BCUT2D eigenvalue weighted by Crippen LogP contribution is 2.32. The molecule has 5 nitrogen and oxygen atoms in total. The van der Waals surface area contributed by atoms with Crippen molar-refractivity contribution < 1.29 is 4.79 Å². The monoisotopic (exact) mass is 444 g/mol. The van der Waals surface area contributed by atoms with E-state index in [9.17, 15) is 4.79 Å². The Bertz CT molecular complexity index is 1320. The van der Waals surface area contributed by atoms with Crippen LogP contribution >= 0.6 is 22.9 Å². The number of thiophene rings is 1. The van der Waals surface area contributed by atoms with Crippen LogP contribution in [0.4, 0.5) is 5.69 Å². The molecule has 4 aromatic rings. The summed E-state index contributed by atoms with van der Waals surface area (Å²) in [6, 6.07) is 21.0. The van der Waals surface area contributed by atoms with E-state index in [1.807, 2.05) is 77.8 Å². The van der Waals surface area contributed by atoms with Crippen LogP contribution in [0.15, 0.2) is 89.0 Å². The number of nitrogens with zero attached hydrogens (tertiary/aromatic N) is 4. The molecule has 0 saturated heterocycles. The summed E-state index contributed by atoms with van der Waals surface area (Å²) < 4.78 is 1.84. The molecule has 3 heterocycles. The zero-order valence-electron chi connectivity index (χ0n) is 16.6. The molecule has 0 unspecified atom stereocenters. The molecule has 7 heteroatoms. The number of carbonyl (C=O) groups excluding carboxylic acids is 1. The third-order valence-corrected chi connectivity index (χ3v) is 6.04. The van der Waals surface area contributed by atoms with Gasteiger partial charge in [-0.05, 0) is 54.8 Å². The summed E-state index contributed by atoms with van der Waals surface area (Å²) in [6.07, 6.45) is 3.81. The highest BCUT2D eigenvalue weighted by Gasteiger charge is 2.29. The van der Waals surface area contributed by atoms with Crippen LogP contribution < -0.4 is 5.01 Å². The lowest BCUT2D eigenvalue weighted by Gasteiger charge is -2.11. The van der Waals surface area contributed by atoms with Gasteiger partial charge < -0.3 is 0 Å². The van der Waals surface area contributed by atoms with Crippen molar-refractivity contribution in [2.45, 2.75) is 6.92 Å². The predicted molar refractivity (Wildman–Crippen MR) is 127 cm³/mol. The van der Waals surface area contributed by atoms with Crippen molar-refractivity contribution in [3.8, 4) is 16.3 Å². The number of amides is 1. The molecule has 2 aromatic heterocycles. The van der Waals surface area contributed by atoms with E-state index < -0.39 is 0 Å². The zero-order chi connectivity index (χ0) is 21.4. The SMILES string of the molecule is CC1=NN(c2cccc(Cl)c2)C(=O)/C1=C\c1cn(-c2ccccc2)nc1-c1cccs1. The van der Waals surface area contributed by atoms with Gasteiger partial charge in [0.2, 0.25) is 0 Å². The first kappa shape index (κ1) is 19.5. The van der Waals surface area contributed by atoms with Gasteiger partial charge in [0, 0.05) is 16.8 Å². The number of rotatable bonds is 4. The molecule has 0 N–H and O–H groups in total. The van der Waals surface area contributed by atoms with Gasteiger partial charge in [0.15, 0.2) is 0 Å². The molecule has 152 valence electrons. The predicted octanol–water partition coefficient (Wildman–Crippen LogP) is 6.06. The molecule has 31 heavy (non-hydrogen) atoms. The number of para-hydroxylation sites is 1. The van der Waals surface area contributed by atoms with E-state index in [2.05, 4.69) is 5.10 Å². The topological polar surface area (TPSA) is 50.5 Å². The second-order valence-electron chi connectivity index (χ2n) is 7.03. The lowest BCUT2D eigenvalue weighted by molar-refractivity contribution is -0.114. The van der Waals surface area contributed by atoms with Gasteiger partial charge in [-0.25, -0.2) is 4.68 Å².